The predicted molar refractivity (Wildman–Crippen MR) is 138 cm³/mol. The third kappa shape index (κ3) is 8.44. The number of hydrogen-bond acceptors (Lipinski definition) is 5. The van der Waals surface area contributed by atoms with Gasteiger partial charge in [-0.3, -0.25) is 4.79 Å². The molecule has 0 saturated heterocycles. The number of fused-ring (bicyclic) bond motifs is 1. The quantitative estimate of drug-likeness (QED) is 0.337. The Bertz CT molecular complexity index is 889. The fraction of sp³-hybridized carbons (Fsp3) is 0.440. The monoisotopic (exact) mass is 461 g/mol. The first-order valence-electron chi connectivity index (χ1n) is 11.3. The van der Waals surface area contributed by atoms with Crippen molar-refractivity contribution in [1.82, 2.24) is 9.55 Å². The smallest absolute Gasteiger partial charge is 0.205 e. The SMILES string of the molecule is CC.CC.CCOP(OCC)c1ccc(Cn2c(C)nc3ccc(C=O)cc32)cc1.CN. The average Bonchev–Trinajstić information content (AvgIpc) is 3.17. The molecule has 3 rings (SSSR count). The van der Waals surface area contributed by atoms with Crippen LogP contribution in [0.5, 0.6) is 0 Å². The first kappa shape index (κ1) is 29.9. The van der Waals surface area contributed by atoms with E-state index in [0.29, 0.717) is 25.3 Å². The summed E-state index contributed by atoms with van der Waals surface area (Å²) >= 11 is 0. The molecule has 1 heterocycles. The molecule has 0 spiro atoms. The van der Waals surface area contributed by atoms with Gasteiger partial charge in [0.1, 0.15) is 12.1 Å². The lowest BCUT2D eigenvalue weighted by Gasteiger charge is -2.16. The van der Waals surface area contributed by atoms with Crippen molar-refractivity contribution in [3.05, 3.63) is 59.4 Å². The Kier molecular flexibility index (Phi) is 16.3. The molecule has 0 aliphatic heterocycles. The Balaban J connectivity index is 0.00000148. The molecular weight excluding hydrogens is 421 g/mol. The highest BCUT2D eigenvalue weighted by molar-refractivity contribution is 7.56. The lowest BCUT2D eigenvalue weighted by atomic mass is 10.2. The average molecular weight is 462 g/mol. The van der Waals surface area contributed by atoms with Gasteiger partial charge in [-0.1, -0.05) is 39.8 Å². The van der Waals surface area contributed by atoms with Gasteiger partial charge in [-0.15, -0.1) is 0 Å². The second-order valence-electron chi connectivity index (χ2n) is 5.87. The molecule has 0 atom stereocenters. The van der Waals surface area contributed by atoms with Crippen molar-refractivity contribution in [3.8, 4) is 0 Å². The zero-order valence-corrected chi connectivity index (χ0v) is 21.8. The minimum atomic E-state index is -1.02. The number of aryl methyl sites for hydroxylation is 1. The van der Waals surface area contributed by atoms with Crippen LogP contribution in [0.1, 0.15) is 63.3 Å². The van der Waals surface area contributed by atoms with E-state index in [1.165, 1.54) is 7.05 Å². The van der Waals surface area contributed by atoms with E-state index in [1.54, 1.807) is 6.07 Å². The van der Waals surface area contributed by atoms with Crippen LogP contribution in [0.25, 0.3) is 11.0 Å². The van der Waals surface area contributed by atoms with Crippen LogP contribution in [0, 0.1) is 6.92 Å². The summed E-state index contributed by atoms with van der Waals surface area (Å²) in [6.45, 7) is 15.9. The summed E-state index contributed by atoms with van der Waals surface area (Å²) < 4.78 is 13.6. The standard InChI is InChI=1S/C20H23N2O3P.2C2H6.CH5N/c1-4-24-26(25-5-2)18-9-6-16(7-10-18)13-22-15(3)21-19-11-8-17(14-23)12-20(19)22;3*1-2/h6-12,14H,4-5,13H2,1-3H3;2*1-2H3;2H2,1H3. The molecule has 32 heavy (non-hydrogen) atoms. The zero-order valence-electron chi connectivity index (χ0n) is 20.9. The van der Waals surface area contributed by atoms with Gasteiger partial charge in [0.05, 0.1) is 24.2 Å². The van der Waals surface area contributed by atoms with Gasteiger partial charge in [-0.05, 0) is 63.7 Å². The maximum atomic E-state index is 11.1. The van der Waals surface area contributed by atoms with E-state index < -0.39 is 8.38 Å². The lowest BCUT2D eigenvalue weighted by molar-refractivity contribution is 0.112. The van der Waals surface area contributed by atoms with Crippen LogP contribution in [-0.4, -0.2) is 36.1 Å². The van der Waals surface area contributed by atoms with Crippen molar-refractivity contribution < 1.29 is 13.8 Å². The van der Waals surface area contributed by atoms with Gasteiger partial charge in [-0.25, -0.2) is 4.98 Å². The molecule has 0 radical (unpaired) electrons. The molecule has 1 aromatic heterocycles. The number of imidazole rings is 1. The van der Waals surface area contributed by atoms with Gasteiger partial charge in [-0.2, -0.15) is 0 Å². The van der Waals surface area contributed by atoms with Gasteiger partial charge in [0.25, 0.3) is 0 Å². The van der Waals surface area contributed by atoms with Crippen LogP contribution >= 0.6 is 8.38 Å². The fourth-order valence-electron chi connectivity index (χ4n) is 2.86. The van der Waals surface area contributed by atoms with E-state index in [0.717, 1.165) is 34.0 Å². The molecule has 3 aromatic rings. The molecule has 0 unspecified atom stereocenters. The summed E-state index contributed by atoms with van der Waals surface area (Å²) in [5.41, 5.74) is 8.20. The number of carbonyl (C=O) groups is 1. The van der Waals surface area contributed by atoms with E-state index in [2.05, 4.69) is 39.6 Å². The Morgan fingerprint density at radius 2 is 1.53 bits per heavy atom. The van der Waals surface area contributed by atoms with Gasteiger partial charge in [0.15, 0.2) is 0 Å². The topological polar surface area (TPSA) is 79.4 Å². The van der Waals surface area contributed by atoms with Crippen LogP contribution < -0.4 is 11.0 Å². The maximum absolute atomic E-state index is 11.1. The number of nitrogens with zero attached hydrogens (tertiary/aromatic N) is 2. The lowest BCUT2D eigenvalue weighted by Crippen LogP contribution is -2.08. The minimum Gasteiger partial charge on any atom is -0.333 e. The van der Waals surface area contributed by atoms with E-state index in [1.807, 2.05) is 60.6 Å². The predicted octanol–water partition coefficient (Wildman–Crippen LogP) is 5.84. The summed E-state index contributed by atoms with van der Waals surface area (Å²) in [7, 11) is 0.483. The van der Waals surface area contributed by atoms with Gasteiger partial charge >= 0.3 is 0 Å². The van der Waals surface area contributed by atoms with Crippen LogP contribution in [0.4, 0.5) is 0 Å². The van der Waals surface area contributed by atoms with Crippen molar-refractivity contribution in [3.63, 3.8) is 0 Å². The fourth-order valence-corrected chi connectivity index (χ4v) is 4.09. The summed E-state index contributed by atoms with van der Waals surface area (Å²) in [6.07, 6.45) is 0.866. The number of nitrogens with two attached hydrogens (primary N) is 1. The summed E-state index contributed by atoms with van der Waals surface area (Å²) in [6, 6.07) is 13.9. The van der Waals surface area contributed by atoms with Crippen molar-refractivity contribution in [2.45, 2.75) is 55.0 Å². The number of benzene rings is 2. The van der Waals surface area contributed by atoms with E-state index in [4.69, 9.17) is 9.05 Å². The Morgan fingerprint density at radius 3 is 2.03 bits per heavy atom. The molecule has 7 heteroatoms. The molecule has 0 aliphatic carbocycles. The third-order valence-corrected chi connectivity index (χ3v) is 5.78. The Hall–Kier alpha value is -2.11. The van der Waals surface area contributed by atoms with Crippen LogP contribution in [0.2, 0.25) is 0 Å². The second-order valence-corrected chi connectivity index (χ2v) is 7.42. The maximum Gasteiger partial charge on any atom is 0.205 e. The normalized spacial score (nSPS) is 9.81. The van der Waals surface area contributed by atoms with Gasteiger partial charge < -0.3 is 19.3 Å². The van der Waals surface area contributed by atoms with Gasteiger partial charge in [0.2, 0.25) is 8.38 Å². The van der Waals surface area contributed by atoms with Crippen molar-refractivity contribution >= 4 is 31.0 Å². The molecular formula is C25H40N3O3P. The Labute approximate surface area is 195 Å². The molecule has 0 fully saturated rings. The van der Waals surface area contributed by atoms with Gasteiger partial charge in [0, 0.05) is 17.4 Å². The summed E-state index contributed by atoms with van der Waals surface area (Å²) in [5.74, 6) is 0.929. The van der Waals surface area contributed by atoms with Crippen LogP contribution in [0.15, 0.2) is 42.5 Å². The number of hydrogen-bond donors (Lipinski definition) is 1. The minimum absolute atomic E-state index is 0.632. The van der Waals surface area contributed by atoms with E-state index in [9.17, 15) is 4.79 Å². The molecule has 0 aliphatic rings. The molecule has 2 N–H and O–H groups in total. The molecule has 2 aromatic carbocycles. The highest BCUT2D eigenvalue weighted by atomic mass is 31.2. The van der Waals surface area contributed by atoms with Crippen molar-refractivity contribution in [2.24, 2.45) is 5.73 Å². The molecule has 0 amide bonds. The highest BCUT2D eigenvalue weighted by Gasteiger charge is 2.13. The first-order valence-corrected chi connectivity index (χ1v) is 12.5. The van der Waals surface area contributed by atoms with E-state index in [-0.39, 0.29) is 0 Å². The third-order valence-electron chi connectivity index (χ3n) is 4.08. The second kappa shape index (κ2) is 17.4. The number of carbonyl (C=O) groups excluding carboxylic acids is 1. The van der Waals surface area contributed by atoms with Crippen molar-refractivity contribution in [1.29, 1.82) is 0 Å². The summed E-state index contributed by atoms with van der Waals surface area (Å²) in [5, 5.41) is 1.07. The molecule has 0 bridgehead atoms. The van der Waals surface area contributed by atoms with Crippen LogP contribution in [-0.2, 0) is 15.6 Å². The largest absolute Gasteiger partial charge is 0.333 e. The number of rotatable bonds is 8. The molecule has 178 valence electrons. The molecule has 6 nitrogen and oxygen atoms in total. The number of aromatic nitrogens is 2. The number of aldehydes is 1. The van der Waals surface area contributed by atoms with E-state index >= 15 is 0 Å². The highest BCUT2D eigenvalue weighted by Crippen LogP contribution is 2.36. The Morgan fingerprint density at radius 1 is 0.969 bits per heavy atom. The van der Waals surface area contributed by atoms with Crippen molar-refractivity contribution in [2.75, 3.05) is 20.3 Å². The zero-order chi connectivity index (χ0) is 24.5. The van der Waals surface area contributed by atoms with Crippen LogP contribution in [0.3, 0.4) is 0 Å². The first-order chi connectivity index (χ1) is 15.7. The summed E-state index contributed by atoms with van der Waals surface area (Å²) in [4.78, 5) is 15.7. The molecule has 0 saturated carbocycles.